The van der Waals surface area contributed by atoms with Crippen LogP contribution >= 0.6 is 0 Å². The van der Waals surface area contributed by atoms with E-state index in [0.29, 0.717) is 12.8 Å². The van der Waals surface area contributed by atoms with E-state index in [1.807, 2.05) is 0 Å². The number of esters is 2. The third kappa shape index (κ3) is 23.6. The molecule has 51 heavy (non-hydrogen) atoms. The number of hydrogen-bond acceptors (Lipinski definition) is 10. The number of rotatable bonds is 31. The Morgan fingerprint density at radius 3 is 1.75 bits per heavy atom. The molecule has 294 valence electrons. The average molecular weight is 725 g/mol. The number of aliphatic hydroxyl groups excluding tert-OH is 3. The molecule has 0 aromatic carbocycles. The van der Waals surface area contributed by atoms with Gasteiger partial charge in [-0.05, 0) is 44.9 Å². The van der Waals surface area contributed by atoms with Crippen molar-refractivity contribution in [2.75, 3.05) is 13.2 Å². The van der Waals surface area contributed by atoms with Gasteiger partial charge >= 0.3 is 17.9 Å². The molecule has 11 nitrogen and oxygen atoms in total. The Labute approximate surface area is 306 Å². The Morgan fingerprint density at radius 1 is 0.627 bits per heavy atom. The highest BCUT2D eigenvalue weighted by Crippen LogP contribution is 2.23. The topological polar surface area (TPSA) is 169 Å². The van der Waals surface area contributed by atoms with Crippen molar-refractivity contribution >= 4 is 17.9 Å². The largest absolute Gasteiger partial charge is 0.479 e. The van der Waals surface area contributed by atoms with Crippen molar-refractivity contribution in [1.82, 2.24) is 0 Å². The van der Waals surface area contributed by atoms with Crippen molar-refractivity contribution in [2.24, 2.45) is 0 Å². The highest BCUT2D eigenvalue weighted by atomic mass is 16.7. The van der Waals surface area contributed by atoms with Crippen molar-refractivity contribution in [3.63, 3.8) is 0 Å². The maximum absolute atomic E-state index is 12.7. The van der Waals surface area contributed by atoms with Crippen LogP contribution in [0.1, 0.15) is 149 Å². The Hall–Kier alpha value is -2.57. The fourth-order valence-corrected chi connectivity index (χ4v) is 5.66. The molecule has 1 rings (SSSR count). The predicted octanol–water partition coefficient (Wildman–Crippen LogP) is 7.25. The van der Waals surface area contributed by atoms with E-state index in [1.54, 1.807) is 0 Å². The summed E-state index contributed by atoms with van der Waals surface area (Å²) in [4.78, 5) is 36.6. The molecule has 1 fully saturated rings. The fraction of sp³-hybridized carbons (Fsp3) is 0.775. The number of carboxylic acid groups (broad SMARTS) is 1. The number of allylic oxidation sites excluding steroid dienone is 6. The van der Waals surface area contributed by atoms with E-state index >= 15 is 0 Å². The molecule has 0 spiro atoms. The zero-order chi connectivity index (χ0) is 37.5. The first kappa shape index (κ1) is 46.5. The normalized spacial score (nSPS) is 21.5. The number of carboxylic acids is 1. The first-order valence-corrected chi connectivity index (χ1v) is 19.5. The molecule has 0 aromatic rings. The van der Waals surface area contributed by atoms with Crippen molar-refractivity contribution in [3.8, 4) is 0 Å². The number of aliphatic hydroxyl groups is 3. The highest BCUT2D eigenvalue weighted by Gasteiger charge is 2.47. The van der Waals surface area contributed by atoms with Gasteiger partial charge in [-0.2, -0.15) is 0 Å². The Bertz CT molecular complexity index is 995. The summed E-state index contributed by atoms with van der Waals surface area (Å²) in [5.41, 5.74) is 0. The van der Waals surface area contributed by atoms with Gasteiger partial charge in [0, 0.05) is 12.8 Å². The van der Waals surface area contributed by atoms with E-state index < -0.39 is 61.3 Å². The van der Waals surface area contributed by atoms with E-state index in [1.165, 1.54) is 38.5 Å². The van der Waals surface area contributed by atoms with Gasteiger partial charge in [0.05, 0.1) is 6.61 Å². The molecule has 11 heteroatoms. The van der Waals surface area contributed by atoms with Crippen LogP contribution < -0.4 is 0 Å². The van der Waals surface area contributed by atoms with Crippen LogP contribution in [0.15, 0.2) is 36.5 Å². The van der Waals surface area contributed by atoms with Gasteiger partial charge in [-0.3, -0.25) is 9.59 Å². The van der Waals surface area contributed by atoms with Crippen LogP contribution in [0.25, 0.3) is 0 Å². The van der Waals surface area contributed by atoms with Crippen LogP contribution in [0, 0.1) is 0 Å². The molecule has 1 saturated heterocycles. The third-order valence-electron chi connectivity index (χ3n) is 8.75. The lowest BCUT2D eigenvalue weighted by molar-refractivity contribution is -0.298. The van der Waals surface area contributed by atoms with Gasteiger partial charge in [0.15, 0.2) is 18.5 Å². The molecule has 1 heterocycles. The molecule has 0 bridgehead atoms. The fourth-order valence-electron chi connectivity index (χ4n) is 5.66. The molecule has 0 aromatic heterocycles. The predicted molar refractivity (Wildman–Crippen MR) is 197 cm³/mol. The third-order valence-corrected chi connectivity index (χ3v) is 8.75. The molecular formula is C40H68O11. The summed E-state index contributed by atoms with van der Waals surface area (Å²) in [6, 6.07) is 0. The summed E-state index contributed by atoms with van der Waals surface area (Å²) in [5.74, 6) is -2.47. The Kier molecular flexibility index (Phi) is 28.2. The Balaban J connectivity index is 2.44. The summed E-state index contributed by atoms with van der Waals surface area (Å²) in [5, 5.41) is 39.6. The molecule has 1 aliphatic heterocycles. The van der Waals surface area contributed by atoms with E-state index in [2.05, 4.69) is 50.3 Å². The van der Waals surface area contributed by atoms with E-state index in [-0.39, 0.29) is 19.4 Å². The number of unbranched alkanes of at least 4 members (excludes halogenated alkanes) is 14. The van der Waals surface area contributed by atoms with Crippen molar-refractivity contribution in [1.29, 1.82) is 0 Å². The Morgan fingerprint density at radius 2 is 1.16 bits per heavy atom. The zero-order valence-electron chi connectivity index (χ0n) is 31.3. The van der Waals surface area contributed by atoms with Gasteiger partial charge in [0.2, 0.25) is 0 Å². The van der Waals surface area contributed by atoms with Crippen LogP contribution in [0.2, 0.25) is 0 Å². The summed E-state index contributed by atoms with van der Waals surface area (Å²) in [6.07, 6.45) is 23.5. The number of carbonyl (C=O) groups is 3. The maximum atomic E-state index is 12.7. The van der Waals surface area contributed by atoms with Gasteiger partial charge in [-0.1, -0.05) is 127 Å². The van der Waals surface area contributed by atoms with Gasteiger partial charge in [0.1, 0.15) is 24.9 Å². The maximum Gasteiger partial charge on any atom is 0.335 e. The van der Waals surface area contributed by atoms with Gasteiger partial charge in [-0.15, -0.1) is 0 Å². The standard InChI is InChI=1S/C40H68O11/c1-3-5-7-9-11-13-15-16-17-18-19-21-22-24-26-28-33(41)48-30-32(31-49-40-37(45)35(43)36(44)38(51-40)39(46)47)50-34(42)29-27-25-23-20-14-12-10-8-6-4-2/h5,7,11,13,16-17,32,35-38,40,43-45H,3-4,6,8-10,12,14-15,18-31H2,1-2H3,(H,46,47)/b7-5-,13-11-,17-16-. The molecule has 6 unspecified atom stereocenters. The minimum atomic E-state index is -1.86. The molecule has 6 atom stereocenters. The second-order valence-corrected chi connectivity index (χ2v) is 13.4. The van der Waals surface area contributed by atoms with Crippen LogP contribution in [0.4, 0.5) is 0 Å². The molecular weight excluding hydrogens is 656 g/mol. The monoisotopic (exact) mass is 724 g/mol. The lowest BCUT2D eigenvalue weighted by Crippen LogP contribution is -2.60. The van der Waals surface area contributed by atoms with Crippen molar-refractivity contribution in [3.05, 3.63) is 36.5 Å². The molecule has 0 radical (unpaired) electrons. The summed E-state index contributed by atoms with van der Waals surface area (Å²) >= 11 is 0. The van der Waals surface area contributed by atoms with E-state index in [9.17, 15) is 34.8 Å². The SMILES string of the molecule is CC/C=C\C/C=C\C/C=C\CCCCCCCC(=O)OCC(COC1OC(C(=O)O)C(O)C(O)C1O)OC(=O)CCCCCCCCCCCC. The molecule has 1 aliphatic rings. The first-order valence-electron chi connectivity index (χ1n) is 19.5. The van der Waals surface area contributed by atoms with Crippen molar-refractivity contribution < 1.29 is 53.8 Å². The molecule has 0 saturated carbocycles. The van der Waals surface area contributed by atoms with Crippen LogP contribution in [0.3, 0.4) is 0 Å². The second kappa shape index (κ2) is 31.0. The number of hydrogen-bond donors (Lipinski definition) is 4. The lowest BCUT2D eigenvalue weighted by atomic mass is 9.99. The van der Waals surface area contributed by atoms with Gasteiger partial charge in [-0.25, -0.2) is 4.79 Å². The van der Waals surface area contributed by atoms with Gasteiger partial charge < -0.3 is 39.4 Å². The minimum Gasteiger partial charge on any atom is -0.479 e. The second-order valence-electron chi connectivity index (χ2n) is 13.4. The lowest BCUT2D eigenvalue weighted by Gasteiger charge is -2.38. The minimum absolute atomic E-state index is 0.180. The van der Waals surface area contributed by atoms with E-state index in [4.69, 9.17) is 18.9 Å². The summed E-state index contributed by atoms with van der Waals surface area (Å²) < 4.78 is 21.6. The van der Waals surface area contributed by atoms with Gasteiger partial charge in [0.25, 0.3) is 0 Å². The van der Waals surface area contributed by atoms with Crippen LogP contribution in [-0.2, 0) is 33.3 Å². The van der Waals surface area contributed by atoms with Crippen molar-refractivity contribution in [2.45, 2.75) is 185 Å². The summed E-state index contributed by atoms with van der Waals surface area (Å²) in [7, 11) is 0. The number of carbonyl (C=O) groups excluding carboxylic acids is 2. The smallest absolute Gasteiger partial charge is 0.335 e. The quantitative estimate of drug-likeness (QED) is 0.0323. The molecule has 0 aliphatic carbocycles. The van der Waals surface area contributed by atoms with Crippen LogP contribution in [-0.4, -0.2) is 88.4 Å². The highest BCUT2D eigenvalue weighted by molar-refractivity contribution is 5.73. The number of ether oxygens (including phenoxy) is 4. The summed E-state index contributed by atoms with van der Waals surface area (Å²) in [6.45, 7) is 3.64. The first-order chi connectivity index (χ1) is 24.7. The average Bonchev–Trinajstić information content (AvgIpc) is 3.11. The van der Waals surface area contributed by atoms with E-state index in [0.717, 1.165) is 70.6 Å². The zero-order valence-corrected chi connectivity index (χ0v) is 31.3. The number of aliphatic carboxylic acids is 1. The molecule has 0 amide bonds. The van der Waals surface area contributed by atoms with Crippen LogP contribution in [0.5, 0.6) is 0 Å². The molecule has 4 N–H and O–H groups in total.